The molecule has 0 spiro atoms. The first kappa shape index (κ1) is 23.7. The van der Waals surface area contributed by atoms with Crippen LogP contribution in [0.25, 0.3) is 60.9 Å². The number of aromatic amines is 4. The number of imidazole rings is 1. The molecule has 0 aliphatic carbocycles. The monoisotopic (exact) mass is 527 g/mol. The van der Waals surface area contributed by atoms with E-state index in [-0.39, 0.29) is 5.69 Å². The Kier molecular flexibility index (Phi) is 5.58. The number of hydrogen-bond acceptors (Lipinski definition) is 5. The zero-order valence-corrected chi connectivity index (χ0v) is 21.0. The molecule has 0 aliphatic heterocycles. The van der Waals surface area contributed by atoms with Crippen LogP contribution in [0.5, 0.6) is 0 Å². The van der Waals surface area contributed by atoms with Gasteiger partial charge < -0.3 is 25.0 Å². The third kappa shape index (κ3) is 4.15. The van der Waals surface area contributed by atoms with Crippen molar-refractivity contribution in [3.8, 4) is 16.9 Å². The van der Waals surface area contributed by atoms with E-state index < -0.39 is 7.12 Å². The first-order valence-electron chi connectivity index (χ1n) is 12.6. The summed E-state index contributed by atoms with van der Waals surface area (Å²) in [6, 6.07) is 23.0. The third-order valence-corrected chi connectivity index (χ3v) is 6.91. The lowest BCUT2D eigenvalue weighted by Gasteiger charge is -2.05. The standard InChI is InChI=1S/C21H14N6O.C8H8BNO2/c28-21-26-19-20(27(21)15-2-4-17-14(10-15)6-8-23-17)25-18(11-24-19)12-1-3-16-13(9-12)5-7-22-16;11-9(12)7-1-2-8-6(5-7)3-4-10-8/h1-11,22-23H,(H,24,26,28);1-5,10-12H. The van der Waals surface area contributed by atoms with Gasteiger partial charge in [0, 0.05) is 51.5 Å². The summed E-state index contributed by atoms with van der Waals surface area (Å²) in [7, 11) is -1.38. The van der Waals surface area contributed by atoms with E-state index in [1.807, 2.05) is 73.2 Å². The van der Waals surface area contributed by atoms with Gasteiger partial charge >= 0.3 is 12.8 Å². The predicted octanol–water partition coefficient (Wildman–Crippen LogP) is 3.59. The molecule has 3 aromatic carbocycles. The highest BCUT2D eigenvalue weighted by Gasteiger charge is 2.14. The van der Waals surface area contributed by atoms with E-state index in [0.717, 1.165) is 44.0 Å². The molecule has 0 radical (unpaired) electrons. The van der Waals surface area contributed by atoms with E-state index in [9.17, 15) is 4.79 Å². The molecule has 10 nitrogen and oxygen atoms in total. The summed E-state index contributed by atoms with van der Waals surface area (Å²) in [5.41, 5.74) is 6.71. The molecular weight excluding hydrogens is 505 g/mol. The van der Waals surface area contributed by atoms with Crippen LogP contribution in [0.2, 0.25) is 0 Å². The Labute approximate surface area is 226 Å². The highest BCUT2D eigenvalue weighted by atomic mass is 16.4. The van der Waals surface area contributed by atoms with Crippen LogP contribution < -0.4 is 11.2 Å². The van der Waals surface area contributed by atoms with Crippen molar-refractivity contribution >= 4 is 56.6 Å². The van der Waals surface area contributed by atoms with E-state index in [1.165, 1.54) is 0 Å². The number of rotatable bonds is 3. The maximum Gasteiger partial charge on any atom is 0.488 e. The van der Waals surface area contributed by atoms with Gasteiger partial charge in [-0.15, -0.1) is 0 Å². The fourth-order valence-electron chi connectivity index (χ4n) is 4.88. The summed E-state index contributed by atoms with van der Waals surface area (Å²) in [4.78, 5) is 34.0. The van der Waals surface area contributed by atoms with Gasteiger partial charge in [-0.25, -0.2) is 19.3 Å². The molecule has 0 fully saturated rings. The Morgan fingerprint density at radius 2 is 1.35 bits per heavy atom. The Morgan fingerprint density at radius 1 is 0.725 bits per heavy atom. The van der Waals surface area contributed by atoms with Gasteiger partial charge in [0.25, 0.3) is 0 Å². The fourth-order valence-corrected chi connectivity index (χ4v) is 4.88. The lowest BCUT2D eigenvalue weighted by Crippen LogP contribution is -2.29. The number of hydrogen-bond donors (Lipinski definition) is 6. The van der Waals surface area contributed by atoms with Gasteiger partial charge in [-0.3, -0.25) is 4.98 Å². The summed E-state index contributed by atoms with van der Waals surface area (Å²) in [6.07, 6.45) is 7.29. The van der Waals surface area contributed by atoms with Crippen LogP contribution in [0.15, 0.2) is 102 Å². The van der Waals surface area contributed by atoms with Crippen molar-refractivity contribution < 1.29 is 10.0 Å². The van der Waals surface area contributed by atoms with Crippen LogP contribution in [0.1, 0.15) is 0 Å². The van der Waals surface area contributed by atoms with Gasteiger partial charge in [0.15, 0.2) is 11.3 Å². The minimum atomic E-state index is -1.38. The molecule has 5 aromatic heterocycles. The SMILES string of the molecule is O=c1[nH]c2ncc(-c3ccc4[nH]ccc4c3)nc2n1-c1ccc2[nH]ccc2c1.OB(O)c1ccc2[nH]ccc2c1. The molecule has 6 N–H and O–H groups in total. The molecule has 40 heavy (non-hydrogen) atoms. The van der Waals surface area contributed by atoms with Crippen LogP contribution in [0, 0.1) is 0 Å². The fraction of sp³-hybridized carbons (Fsp3) is 0. The Hall–Kier alpha value is -5.39. The molecule has 8 rings (SSSR count). The van der Waals surface area contributed by atoms with Gasteiger partial charge in [0.1, 0.15) is 0 Å². The minimum Gasteiger partial charge on any atom is -0.423 e. The number of nitrogens with one attached hydrogen (secondary N) is 4. The van der Waals surface area contributed by atoms with Gasteiger partial charge in [0.2, 0.25) is 0 Å². The Bertz CT molecular complexity index is 2200. The zero-order valence-electron chi connectivity index (χ0n) is 21.0. The van der Waals surface area contributed by atoms with Crippen LogP contribution in [0.4, 0.5) is 0 Å². The summed E-state index contributed by atoms with van der Waals surface area (Å²) < 4.78 is 1.56. The first-order chi connectivity index (χ1) is 19.5. The number of H-pyrrole nitrogens is 4. The lowest BCUT2D eigenvalue weighted by atomic mass is 9.80. The molecule has 0 aliphatic rings. The summed E-state index contributed by atoms with van der Waals surface area (Å²) in [5.74, 6) is 0. The van der Waals surface area contributed by atoms with E-state index in [4.69, 9.17) is 15.0 Å². The molecule has 0 bridgehead atoms. The highest BCUT2D eigenvalue weighted by Crippen LogP contribution is 2.24. The summed E-state index contributed by atoms with van der Waals surface area (Å²) >= 11 is 0. The van der Waals surface area contributed by atoms with Crippen LogP contribution in [-0.2, 0) is 0 Å². The predicted molar refractivity (Wildman–Crippen MR) is 157 cm³/mol. The average molecular weight is 527 g/mol. The van der Waals surface area contributed by atoms with E-state index >= 15 is 0 Å². The molecule has 11 heteroatoms. The van der Waals surface area contributed by atoms with Crippen LogP contribution in [-0.4, -0.2) is 51.6 Å². The Balaban J connectivity index is 0.000000185. The van der Waals surface area contributed by atoms with E-state index in [1.54, 1.807) is 22.9 Å². The minimum absolute atomic E-state index is 0.261. The highest BCUT2D eigenvalue weighted by molar-refractivity contribution is 6.58. The summed E-state index contributed by atoms with van der Waals surface area (Å²) in [6.45, 7) is 0. The van der Waals surface area contributed by atoms with Crippen molar-refractivity contribution in [3.63, 3.8) is 0 Å². The number of benzene rings is 3. The number of aromatic nitrogens is 7. The van der Waals surface area contributed by atoms with Crippen molar-refractivity contribution in [2.75, 3.05) is 0 Å². The molecule has 0 atom stereocenters. The van der Waals surface area contributed by atoms with Gasteiger partial charge in [-0.1, -0.05) is 18.2 Å². The molecule has 0 saturated carbocycles. The topological polar surface area (TPSA) is 151 Å². The second-order valence-corrected chi connectivity index (χ2v) is 9.42. The summed E-state index contributed by atoms with van der Waals surface area (Å²) in [5, 5.41) is 20.8. The van der Waals surface area contributed by atoms with Crippen molar-refractivity contribution in [2.24, 2.45) is 0 Å². The third-order valence-electron chi connectivity index (χ3n) is 6.91. The maximum absolute atomic E-state index is 12.6. The molecule has 5 heterocycles. The van der Waals surface area contributed by atoms with Crippen LogP contribution in [0.3, 0.4) is 0 Å². The second-order valence-electron chi connectivity index (χ2n) is 9.42. The number of fused-ring (bicyclic) bond motifs is 4. The largest absolute Gasteiger partial charge is 0.488 e. The quantitative estimate of drug-likeness (QED) is 0.194. The van der Waals surface area contributed by atoms with Gasteiger partial charge in [-0.2, -0.15) is 0 Å². The van der Waals surface area contributed by atoms with Crippen molar-refractivity contribution in [2.45, 2.75) is 0 Å². The molecule has 0 saturated heterocycles. The van der Waals surface area contributed by atoms with E-state index in [0.29, 0.717) is 22.5 Å². The molecule has 8 aromatic rings. The van der Waals surface area contributed by atoms with Gasteiger partial charge in [0.05, 0.1) is 17.6 Å². The lowest BCUT2D eigenvalue weighted by molar-refractivity contribution is 0.426. The maximum atomic E-state index is 12.6. The molecule has 0 unspecified atom stereocenters. The normalized spacial score (nSPS) is 11.3. The van der Waals surface area contributed by atoms with Crippen molar-refractivity contribution in [1.29, 1.82) is 0 Å². The van der Waals surface area contributed by atoms with Gasteiger partial charge in [-0.05, 0) is 65.4 Å². The molecule has 194 valence electrons. The van der Waals surface area contributed by atoms with Crippen molar-refractivity contribution in [1.82, 2.24) is 34.5 Å². The average Bonchev–Trinajstić information content (AvgIpc) is 3.77. The Morgan fingerprint density at radius 3 is 2.05 bits per heavy atom. The smallest absolute Gasteiger partial charge is 0.423 e. The molecule has 0 amide bonds. The zero-order chi connectivity index (χ0) is 27.2. The van der Waals surface area contributed by atoms with Crippen molar-refractivity contribution in [3.05, 3.63) is 108 Å². The second kappa shape index (κ2) is 9.42. The first-order valence-corrected chi connectivity index (χ1v) is 12.6. The van der Waals surface area contributed by atoms with Crippen LogP contribution >= 0.6 is 0 Å². The van der Waals surface area contributed by atoms with E-state index in [2.05, 4.69) is 31.0 Å². The molecular formula is C29H22BN7O3. The number of nitrogens with zero attached hydrogens (tertiary/aromatic N) is 3.